The van der Waals surface area contributed by atoms with Gasteiger partial charge in [-0.15, -0.1) is 0 Å². The van der Waals surface area contributed by atoms with E-state index in [0.29, 0.717) is 0 Å². The molecule has 1 aliphatic heterocycles. The Morgan fingerprint density at radius 3 is 2.36 bits per heavy atom. The zero-order chi connectivity index (χ0) is 10.4. The summed E-state index contributed by atoms with van der Waals surface area (Å²) < 4.78 is 11.7. The predicted molar refractivity (Wildman–Crippen MR) is 51.9 cm³/mol. The van der Waals surface area contributed by atoms with Crippen molar-refractivity contribution in [3.63, 3.8) is 0 Å². The normalized spacial score (nSPS) is 40.6. The molecule has 0 aromatic rings. The maximum Gasteiger partial charge on any atom is 0.170 e. The number of hydrogen-bond acceptors (Lipinski definition) is 3. The number of hydrogen-bond donors (Lipinski definition) is 0. The summed E-state index contributed by atoms with van der Waals surface area (Å²) in [6.45, 7) is 5.34. The molecule has 3 heteroatoms. The van der Waals surface area contributed by atoms with Gasteiger partial charge in [0.2, 0.25) is 0 Å². The zero-order valence-electron chi connectivity index (χ0n) is 9.13. The molecule has 2 fully saturated rings. The lowest BCUT2D eigenvalue weighted by molar-refractivity contribution is -0.184. The van der Waals surface area contributed by atoms with Gasteiger partial charge in [0.25, 0.3) is 0 Å². The average molecular weight is 198 g/mol. The molecule has 1 aliphatic carbocycles. The van der Waals surface area contributed by atoms with Gasteiger partial charge in [0.1, 0.15) is 0 Å². The van der Waals surface area contributed by atoms with Crippen LogP contribution in [0.2, 0.25) is 0 Å². The van der Waals surface area contributed by atoms with Gasteiger partial charge in [-0.3, -0.25) is 4.79 Å². The Morgan fingerprint density at radius 2 is 1.93 bits per heavy atom. The summed E-state index contributed by atoms with van der Waals surface area (Å²) in [6, 6.07) is 0. The summed E-state index contributed by atoms with van der Waals surface area (Å²) in [5.74, 6) is -0.381. The first-order valence-electron chi connectivity index (χ1n) is 5.38. The van der Waals surface area contributed by atoms with Gasteiger partial charge in [0, 0.05) is 12.8 Å². The van der Waals surface area contributed by atoms with Crippen molar-refractivity contribution in [2.75, 3.05) is 0 Å². The summed E-state index contributed by atoms with van der Waals surface area (Å²) in [5.41, 5.74) is -0.732. The largest absolute Gasteiger partial charge is 0.343 e. The highest BCUT2D eigenvalue weighted by molar-refractivity contribution is 5.85. The Balaban J connectivity index is 2.21. The topological polar surface area (TPSA) is 35.5 Å². The highest BCUT2D eigenvalue weighted by Gasteiger charge is 2.55. The van der Waals surface area contributed by atoms with Gasteiger partial charge in [-0.25, -0.2) is 0 Å². The molecule has 2 unspecified atom stereocenters. The molecule has 2 rings (SSSR count). The van der Waals surface area contributed by atoms with E-state index in [2.05, 4.69) is 0 Å². The van der Waals surface area contributed by atoms with Crippen LogP contribution >= 0.6 is 0 Å². The molecule has 2 atom stereocenters. The molecule has 0 radical (unpaired) electrons. The van der Waals surface area contributed by atoms with Gasteiger partial charge >= 0.3 is 0 Å². The molecule has 0 bridgehead atoms. The Bertz CT molecular complexity index is 255. The number of carbonyl (C=O) groups is 1. The van der Waals surface area contributed by atoms with Crippen LogP contribution in [0.4, 0.5) is 0 Å². The lowest BCUT2D eigenvalue weighted by Gasteiger charge is -2.25. The molecule has 3 nitrogen and oxygen atoms in total. The van der Waals surface area contributed by atoms with Gasteiger partial charge in [0.05, 0.1) is 6.10 Å². The molecule has 1 spiro atoms. The van der Waals surface area contributed by atoms with Crippen molar-refractivity contribution in [1.82, 2.24) is 0 Å². The van der Waals surface area contributed by atoms with E-state index in [1.54, 1.807) is 6.92 Å². The second kappa shape index (κ2) is 3.04. The molecule has 1 saturated heterocycles. The van der Waals surface area contributed by atoms with Crippen molar-refractivity contribution in [2.45, 2.75) is 63.9 Å². The van der Waals surface area contributed by atoms with Crippen LogP contribution in [-0.4, -0.2) is 23.3 Å². The molecule has 0 aromatic carbocycles. The Morgan fingerprint density at radius 1 is 1.36 bits per heavy atom. The fourth-order valence-electron chi connectivity index (χ4n) is 2.42. The number of ether oxygens (including phenoxy) is 2. The maximum atomic E-state index is 11.5. The number of rotatable bonds is 1. The first kappa shape index (κ1) is 10.1. The van der Waals surface area contributed by atoms with Crippen LogP contribution in [0, 0.1) is 0 Å². The SMILES string of the molecule is CC(=O)C1(C)OC2(CCCC2)OC1C. The van der Waals surface area contributed by atoms with Gasteiger partial charge in [0.15, 0.2) is 17.2 Å². The molecule has 1 heterocycles. The van der Waals surface area contributed by atoms with Crippen LogP contribution in [0.1, 0.15) is 46.5 Å². The van der Waals surface area contributed by atoms with E-state index in [0.717, 1.165) is 25.7 Å². The van der Waals surface area contributed by atoms with Crippen LogP contribution in [0.25, 0.3) is 0 Å². The highest BCUT2D eigenvalue weighted by Crippen LogP contribution is 2.46. The van der Waals surface area contributed by atoms with Crippen molar-refractivity contribution < 1.29 is 14.3 Å². The number of Topliss-reactive ketones (excluding diaryl/α,β-unsaturated/α-hetero) is 1. The highest BCUT2D eigenvalue weighted by atomic mass is 16.8. The van der Waals surface area contributed by atoms with Gasteiger partial charge < -0.3 is 9.47 Å². The smallest absolute Gasteiger partial charge is 0.170 e. The molecular formula is C11H18O3. The minimum absolute atomic E-state index is 0.0637. The fraction of sp³-hybridized carbons (Fsp3) is 0.909. The van der Waals surface area contributed by atoms with Crippen molar-refractivity contribution in [1.29, 1.82) is 0 Å². The third kappa shape index (κ3) is 1.30. The summed E-state index contributed by atoms with van der Waals surface area (Å²) in [6.07, 6.45) is 4.01. The molecular weight excluding hydrogens is 180 g/mol. The summed E-state index contributed by atoms with van der Waals surface area (Å²) in [5, 5.41) is 0. The first-order valence-corrected chi connectivity index (χ1v) is 5.38. The average Bonchev–Trinajstić information content (AvgIpc) is 2.61. The molecule has 14 heavy (non-hydrogen) atoms. The van der Waals surface area contributed by atoms with E-state index in [9.17, 15) is 4.79 Å². The van der Waals surface area contributed by atoms with Crippen LogP contribution in [0.3, 0.4) is 0 Å². The van der Waals surface area contributed by atoms with Crippen molar-refractivity contribution in [3.8, 4) is 0 Å². The van der Waals surface area contributed by atoms with E-state index in [-0.39, 0.29) is 11.9 Å². The van der Waals surface area contributed by atoms with E-state index in [1.807, 2.05) is 13.8 Å². The van der Waals surface area contributed by atoms with E-state index >= 15 is 0 Å². The fourth-order valence-corrected chi connectivity index (χ4v) is 2.42. The Labute approximate surface area is 84.8 Å². The van der Waals surface area contributed by atoms with E-state index in [1.165, 1.54) is 0 Å². The standard InChI is InChI=1S/C11H18O3/c1-8(12)10(3)9(2)13-11(14-10)6-4-5-7-11/h9H,4-7H2,1-3H3. The zero-order valence-corrected chi connectivity index (χ0v) is 9.13. The number of ketones is 1. The minimum Gasteiger partial charge on any atom is -0.343 e. The predicted octanol–water partition coefficient (Wildman–Crippen LogP) is 2.04. The Hall–Kier alpha value is -0.410. The monoisotopic (exact) mass is 198 g/mol. The van der Waals surface area contributed by atoms with Crippen LogP contribution < -0.4 is 0 Å². The third-order valence-electron chi connectivity index (χ3n) is 3.63. The van der Waals surface area contributed by atoms with Crippen molar-refractivity contribution in [3.05, 3.63) is 0 Å². The van der Waals surface area contributed by atoms with Crippen LogP contribution in [0.5, 0.6) is 0 Å². The van der Waals surface area contributed by atoms with Crippen molar-refractivity contribution >= 4 is 5.78 Å². The van der Waals surface area contributed by atoms with Crippen LogP contribution in [0.15, 0.2) is 0 Å². The molecule has 0 aromatic heterocycles. The minimum atomic E-state index is -0.732. The van der Waals surface area contributed by atoms with E-state index < -0.39 is 11.4 Å². The second-order valence-electron chi connectivity index (χ2n) is 4.64. The summed E-state index contributed by atoms with van der Waals surface area (Å²) in [7, 11) is 0. The summed E-state index contributed by atoms with van der Waals surface area (Å²) >= 11 is 0. The molecule has 0 amide bonds. The molecule has 1 saturated carbocycles. The third-order valence-corrected chi connectivity index (χ3v) is 3.63. The van der Waals surface area contributed by atoms with E-state index in [4.69, 9.17) is 9.47 Å². The van der Waals surface area contributed by atoms with Gasteiger partial charge in [-0.2, -0.15) is 0 Å². The maximum absolute atomic E-state index is 11.5. The van der Waals surface area contributed by atoms with Crippen LogP contribution in [-0.2, 0) is 14.3 Å². The first-order chi connectivity index (χ1) is 6.49. The van der Waals surface area contributed by atoms with Gasteiger partial charge in [-0.05, 0) is 33.6 Å². The lowest BCUT2D eigenvalue weighted by atomic mass is 9.96. The molecule has 2 aliphatic rings. The van der Waals surface area contributed by atoms with Crippen molar-refractivity contribution in [2.24, 2.45) is 0 Å². The molecule has 80 valence electrons. The number of carbonyl (C=O) groups excluding carboxylic acids is 1. The second-order valence-corrected chi connectivity index (χ2v) is 4.64. The Kier molecular flexibility index (Phi) is 2.20. The molecule has 0 N–H and O–H groups in total. The quantitative estimate of drug-likeness (QED) is 0.646. The lowest BCUT2D eigenvalue weighted by Crippen LogP contribution is -2.42. The summed E-state index contributed by atoms with van der Waals surface area (Å²) in [4.78, 5) is 11.5. The van der Waals surface area contributed by atoms with Gasteiger partial charge in [-0.1, -0.05) is 0 Å².